The molecule has 1 saturated heterocycles. The fraction of sp³-hybridized carbons (Fsp3) is 0.312. The predicted octanol–water partition coefficient (Wildman–Crippen LogP) is 5.39. The van der Waals surface area contributed by atoms with Gasteiger partial charge in [-0.3, -0.25) is 14.3 Å². The van der Waals surface area contributed by atoms with Crippen molar-refractivity contribution >= 4 is 39.9 Å². The molecule has 1 atom stereocenters. The maximum atomic E-state index is 14.2. The summed E-state index contributed by atoms with van der Waals surface area (Å²) < 4.78 is 1.64. The average Bonchev–Trinajstić information content (AvgIpc) is 2.97. The third-order valence-electron chi connectivity index (χ3n) is 8.25. The highest BCUT2D eigenvalue weighted by Crippen LogP contribution is 2.49. The summed E-state index contributed by atoms with van der Waals surface area (Å²) in [4.78, 5) is 39.8. The summed E-state index contributed by atoms with van der Waals surface area (Å²) in [6.07, 6.45) is 3.08. The fourth-order valence-electron chi connectivity index (χ4n) is 6.27. The van der Waals surface area contributed by atoms with Gasteiger partial charge in [0.1, 0.15) is 11.6 Å². The van der Waals surface area contributed by atoms with Crippen molar-refractivity contribution in [3.63, 3.8) is 0 Å². The van der Waals surface area contributed by atoms with Gasteiger partial charge in [-0.15, -0.1) is 0 Å². The van der Waals surface area contributed by atoms with E-state index in [1.165, 1.54) is 6.08 Å². The van der Waals surface area contributed by atoms with Gasteiger partial charge in [0.05, 0.1) is 27.6 Å². The Labute approximate surface area is 249 Å². The van der Waals surface area contributed by atoms with E-state index in [9.17, 15) is 14.7 Å². The van der Waals surface area contributed by atoms with E-state index in [-0.39, 0.29) is 23.6 Å². The molecule has 0 saturated carbocycles. The summed E-state index contributed by atoms with van der Waals surface area (Å²) in [5.74, 6) is 0.545. The number of hydrogen-bond acceptors (Lipinski definition) is 7. The summed E-state index contributed by atoms with van der Waals surface area (Å²) in [5, 5.41) is 15.6. The van der Waals surface area contributed by atoms with Crippen molar-refractivity contribution in [3.8, 4) is 22.6 Å². The lowest BCUT2D eigenvalue weighted by atomic mass is 9.92. The first kappa shape index (κ1) is 27.8. The van der Waals surface area contributed by atoms with Gasteiger partial charge in [0.25, 0.3) is 0 Å². The molecule has 2 aromatic carbocycles. The molecule has 10 heteroatoms. The fourth-order valence-corrected chi connectivity index (χ4v) is 6.57. The molecular formula is C32H33ClN6O3. The van der Waals surface area contributed by atoms with E-state index in [4.69, 9.17) is 11.6 Å². The molecular weight excluding hydrogens is 552 g/mol. The zero-order chi connectivity index (χ0) is 29.9. The van der Waals surface area contributed by atoms with Crippen LogP contribution in [-0.2, 0) is 11.3 Å². The van der Waals surface area contributed by atoms with Crippen LogP contribution < -0.4 is 15.9 Å². The van der Waals surface area contributed by atoms with E-state index in [1.807, 2.05) is 45.9 Å². The number of aromatic hydroxyl groups is 1. The minimum atomic E-state index is -0.443. The number of pyridine rings is 1. The number of aromatic nitrogens is 3. The molecule has 6 rings (SSSR count). The number of anilines is 2. The second kappa shape index (κ2) is 10.5. The lowest BCUT2D eigenvalue weighted by Gasteiger charge is -2.40. The molecule has 0 spiro atoms. The number of hydrogen-bond donors (Lipinski definition) is 2. The molecule has 0 aliphatic carbocycles. The second-order valence-electron chi connectivity index (χ2n) is 11.3. The number of aryl methyl sites for hydroxylation is 1. The molecule has 0 unspecified atom stereocenters. The van der Waals surface area contributed by atoms with Gasteiger partial charge in [-0.1, -0.05) is 44.2 Å². The third kappa shape index (κ3) is 4.30. The second-order valence-corrected chi connectivity index (χ2v) is 11.7. The van der Waals surface area contributed by atoms with E-state index in [0.29, 0.717) is 70.4 Å². The molecule has 4 aromatic rings. The van der Waals surface area contributed by atoms with E-state index in [2.05, 4.69) is 26.8 Å². The molecule has 2 aromatic heterocycles. The number of carbonyl (C=O) groups excluding carboxylic acids is 1. The highest BCUT2D eigenvalue weighted by Gasteiger charge is 2.33. The summed E-state index contributed by atoms with van der Waals surface area (Å²) in [5.41, 5.74) is 5.37. The molecule has 0 radical (unpaired) electrons. The van der Waals surface area contributed by atoms with Crippen molar-refractivity contribution < 1.29 is 9.90 Å². The molecule has 2 aliphatic rings. The first-order valence-electron chi connectivity index (χ1n) is 14.1. The maximum absolute atomic E-state index is 14.2. The van der Waals surface area contributed by atoms with Crippen LogP contribution in [0.3, 0.4) is 0 Å². The molecule has 42 heavy (non-hydrogen) atoms. The van der Waals surface area contributed by atoms with Gasteiger partial charge >= 0.3 is 5.69 Å². The van der Waals surface area contributed by atoms with E-state index < -0.39 is 5.69 Å². The number of amides is 1. The molecule has 1 amide bonds. The van der Waals surface area contributed by atoms with Gasteiger partial charge in [-0.25, -0.2) is 4.79 Å². The molecule has 4 heterocycles. The Hall–Kier alpha value is -4.37. The molecule has 0 bridgehead atoms. The predicted molar refractivity (Wildman–Crippen MR) is 167 cm³/mol. The highest BCUT2D eigenvalue weighted by atomic mass is 35.5. The lowest BCUT2D eigenvalue weighted by molar-refractivity contribution is -0.126. The summed E-state index contributed by atoms with van der Waals surface area (Å²) in [7, 11) is 0. The largest absolute Gasteiger partial charge is 0.507 e. The Morgan fingerprint density at radius 3 is 2.74 bits per heavy atom. The van der Waals surface area contributed by atoms with Crippen LogP contribution in [0, 0.1) is 6.92 Å². The van der Waals surface area contributed by atoms with Crippen molar-refractivity contribution in [1.29, 1.82) is 0 Å². The normalized spacial score (nSPS) is 16.3. The number of nitrogens with zero attached hydrogens (tertiary/aromatic N) is 5. The third-order valence-corrected chi connectivity index (χ3v) is 8.55. The van der Waals surface area contributed by atoms with Gasteiger partial charge in [0, 0.05) is 54.9 Å². The number of carbonyl (C=O) groups is 1. The molecule has 1 fully saturated rings. The van der Waals surface area contributed by atoms with Crippen LogP contribution in [0.15, 0.2) is 54.0 Å². The molecule has 216 valence electrons. The highest BCUT2D eigenvalue weighted by molar-refractivity contribution is 6.36. The van der Waals surface area contributed by atoms with Crippen LogP contribution in [0.25, 0.3) is 27.7 Å². The topological polar surface area (TPSA) is 104 Å². The monoisotopic (exact) mass is 584 g/mol. The number of phenolic OH excluding ortho intramolecular Hbond substituents is 1. The number of benzene rings is 2. The van der Waals surface area contributed by atoms with Crippen molar-refractivity contribution in [1.82, 2.24) is 19.4 Å². The Balaban J connectivity index is 1.70. The Bertz CT molecular complexity index is 1830. The van der Waals surface area contributed by atoms with Crippen molar-refractivity contribution in [2.75, 3.05) is 29.9 Å². The lowest BCUT2D eigenvalue weighted by Crippen LogP contribution is -2.54. The van der Waals surface area contributed by atoms with Crippen LogP contribution >= 0.6 is 11.6 Å². The van der Waals surface area contributed by atoms with E-state index >= 15 is 0 Å². The number of phenols is 1. The van der Waals surface area contributed by atoms with Crippen LogP contribution in [-0.4, -0.2) is 56.1 Å². The standard InChI is InChI=1S/C32H33ClN6O3/c1-6-24(41)37-12-13-38(19(5)16-37)31-21-14-22(33)26-25-20(8-7-9-23(25)40)15-35-28(26)30(21)39(32(42)36-31)29-18(4)10-11-34-27(29)17(2)3/h6-11,14,17,19,35,40H,1,12-13,15-16H2,2-5H3/t19-/m0/s1. The van der Waals surface area contributed by atoms with Crippen molar-refractivity contribution in [3.05, 3.63) is 81.5 Å². The summed E-state index contributed by atoms with van der Waals surface area (Å²) in [6.45, 7) is 13.6. The number of nitrogens with one attached hydrogen (secondary N) is 1. The zero-order valence-corrected chi connectivity index (χ0v) is 24.9. The molecule has 2 N–H and O–H groups in total. The Morgan fingerprint density at radius 2 is 2.02 bits per heavy atom. The van der Waals surface area contributed by atoms with Crippen molar-refractivity contribution in [2.24, 2.45) is 0 Å². The van der Waals surface area contributed by atoms with Gasteiger partial charge in [0.2, 0.25) is 5.91 Å². The maximum Gasteiger partial charge on any atom is 0.354 e. The molecule has 2 aliphatic heterocycles. The minimum Gasteiger partial charge on any atom is -0.507 e. The Morgan fingerprint density at radius 1 is 1.24 bits per heavy atom. The van der Waals surface area contributed by atoms with E-state index in [1.54, 1.807) is 27.8 Å². The number of halogens is 1. The minimum absolute atomic E-state index is 0.0397. The van der Waals surface area contributed by atoms with Crippen molar-refractivity contribution in [2.45, 2.75) is 46.2 Å². The summed E-state index contributed by atoms with van der Waals surface area (Å²) in [6, 6.07) is 9.01. The first-order chi connectivity index (χ1) is 20.1. The SMILES string of the molecule is C=CC(=O)N1CCN(c2nc(=O)n(-c3c(C)ccnc3C(C)C)c3c4c(c(Cl)cc23)-c2c(O)cccc2CN4)[C@@H](C)C1. The first-order valence-corrected chi connectivity index (χ1v) is 14.5. The quantitative estimate of drug-likeness (QED) is 0.310. The van der Waals surface area contributed by atoms with Crippen LogP contribution in [0.4, 0.5) is 11.5 Å². The van der Waals surface area contributed by atoms with Crippen LogP contribution in [0.1, 0.15) is 43.5 Å². The molecule has 9 nitrogen and oxygen atoms in total. The van der Waals surface area contributed by atoms with Gasteiger partial charge in [0.15, 0.2) is 0 Å². The number of fused-ring (bicyclic) bond motifs is 5. The number of piperazine rings is 1. The summed E-state index contributed by atoms with van der Waals surface area (Å²) >= 11 is 7.04. The van der Waals surface area contributed by atoms with E-state index in [0.717, 1.165) is 16.8 Å². The number of rotatable bonds is 4. The average molecular weight is 585 g/mol. The van der Waals surface area contributed by atoms with Crippen LogP contribution in [0.2, 0.25) is 5.02 Å². The van der Waals surface area contributed by atoms with Crippen LogP contribution in [0.5, 0.6) is 5.75 Å². The van der Waals surface area contributed by atoms with Gasteiger partial charge in [-0.2, -0.15) is 4.98 Å². The smallest absolute Gasteiger partial charge is 0.354 e. The van der Waals surface area contributed by atoms with Gasteiger partial charge in [-0.05, 0) is 55.2 Å². The Kier molecular flexibility index (Phi) is 6.93. The zero-order valence-electron chi connectivity index (χ0n) is 24.1. The van der Waals surface area contributed by atoms with Gasteiger partial charge < -0.3 is 20.2 Å².